The van der Waals surface area contributed by atoms with Crippen LogP contribution in [0, 0.1) is 11.8 Å². The third-order valence-electron chi connectivity index (χ3n) is 3.75. The van der Waals surface area contributed by atoms with Crippen molar-refractivity contribution in [3.63, 3.8) is 0 Å². The Balaban J connectivity index is 1.86. The second-order valence-corrected chi connectivity index (χ2v) is 5.40. The van der Waals surface area contributed by atoms with Crippen LogP contribution in [0.15, 0.2) is 46.7 Å². The molecule has 1 aromatic carbocycles. The van der Waals surface area contributed by atoms with Gasteiger partial charge in [-0.25, -0.2) is 4.98 Å². The number of Topliss-reactive ketones (excluding diaryl/α,β-unsaturated/α-hetero) is 1. The highest BCUT2D eigenvalue weighted by Crippen LogP contribution is 2.19. The zero-order chi connectivity index (χ0) is 16.9. The summed E-state index contributed by atoms with van der Waals surface area (Å²) in [6, 6.07) is 10.9. The second-order valence-electron chi connectivity index (χ2n) is 5.40. The topological polar surface area (TPSA) is 106 Å². The van der Waals surface area contributed by atoms with Gasteiger partial charge in [0.25, 0.3) is 0 Å². The smallest absolute Gasteiger partial charge is 0.294 e. The van der Waals surface area contributed by atoms with Gasteiger partial charge >= 0.3 is 5.84 Å². The number of carbonyl (C=O) groups is 1. The first-order valence-corrected chi connectivity index (χ1v) is 7.56. The summed E-state index contributed by atoms with van der Waals surface area (Å²) in [6.07, 6.45) is 2.27. The maximum Gasteiger partial charge on any atom is 0.350 e. The molecule has 1 aromatic heterocycles. The van der Waals surface area contributed by atoms with Crippen LogP contribution in [0.4, 0.5) is 0 Å². The van der Waals surface area contributed by atoms with E-state index in [0.29, 0.717) is 17.7 Å². The van der Waals surface area contributed by atoms with E-state index < -0.39 is 0 Å². The molecule has 118 valence electrons. The third-order valence-corrected chi connectivity index (χ3v) is 3.75. The van der Waals surface area contributed by atoms with E-state index in [1.54, 1.807) is 18.2 Å². The average Bonchev–Trinajstić information content (AvgIpc) is 2.60. The number of nitrogens with zero attached hydrogens (tertiary/aromatic N) is 3. The molecule has 1 aliphatic rings. The number of pyridine rings is 1. The van der Waals surface area contributed by atoms with E-state index in [-0.39, 0.29) is 11.6 Å². The molecule has 1 aliphatic carbocycles. The second kappa shape index (κ2) is 6.84. The largest absolute Gasteiger partial charge is 0.350 e. The van der Waals surface area contributed by atoms with Crippen LogP contribution in [0.2, 0.25) is 0 Å². The van der Waals surface area contributed by atoms with E-state index in [9.17, 15) is 4.79 Å². The predicted octanol–water partition coefficient (Wildman–Crippen LogP) is 0.832. The minimum absolute atomic E-state index is 0.163. The molecule has 0 saturated heterocycles. The Hall–Kier alpha value is -3.33. The summed E-state index contributed by atoms with van der Waals surface area (Å²) in [6.45, 7) is 0. The third kappa shape index (κ3) is 3.36. The normalized spacial score (nSPS) is 13.2. The number of ketones is 1. The van der Waals surface area contributed by atoms with Crippen LogP contribution >= 0.6 is 0 Å². The molecular weight excluding hydrogens is 302 g/mol. The van der Waals surface area contributed by atoms with Crippen molar-refractivity contribution in [3.8, 4) is 11.8 Å². The molecule has 0 bridgehead atoms. The molecule has 0 amide bonds. The minimum Gasteiger partial charge on any atom is -0.294 e. The first kappa shape index (κ1) is 15.6. The van der Waals surface area contributed by atoms with Gasteiger partial charge in [-0.05, 0) is 49.1 Å². The summed E-state index contributed by atoms with van der Waals surface area (Å²) >= 11 is 0. The monoisotopic (exact) mass is 318 g/mol. The van der Waals surface area contributed by atoms with E-state index in [1.807, 2.05) is 18.2 Å². The van der Waals surface area contributed by atoms with Crippen LogP contribution in [0.5, 0.6) is 0 Å². The van der Waals surface area contributed by atoms with Crippen LogP contribution < -0.4 is 11.3 Å². The number of aromatic nitrogens is 1. The molecule has 0 atom stereocenters. The summed E-state index contributed by atoms with van der Waals surface area (Å²) in [7, 11) is 0. The van der Waals surface area contributed by atoms with Crippen molar-refractivity contribution in [2.45, 2.75) is 19.3 Å². The molecule has 6 heteroatoms. The summed E-state index contributed by atoms with van der Waals surface area (Å²) in [5.74, 6) is 11.5. The minimum atomic E-state index is 0.163. The van der Waals surface area contributed by atoms with Crippen LogP contribution in [-0.2, 0) is 6.42 Å². The van der Waals surface area contributed by atoms with Gasteiger partial charge in [-0.1, -0.05) is 12.0 Å². The van der Waals surface area contributed by atoms with Crippen molar-refractivity contribution in [1.29, 1.82) is 0 Å². The van der Waals surface area contributed by atoms with Crippen LogP contribution in [0.25, 0.3) is 0 Å². The molecule has 2 aromatic rings. The van der Waals surface area contributed by atoms with Crippen LogP contribution in [0.1, 0.15) is 45.7 Å². The molecule has 0 aliphatic heterocycles. The van der Waals surface area contributed by atoms with Crippen molar-refractivity contribution in [2.24, 2.45) is 16.2 Å². The van der Waals surface area contributed by atoms with Gasteiger partial charge < -0.3 is 0 Å². The number of benzene rings is 1. The Bertz CT molecular complexity index is 905. The predicted molar refractivity (Wildman–Crippen MR) is 89.0 cm³/mol. The van der Waals surface area contributed by atoms with Crippen molar-refractivity contribution >= 4 is 11.6 Å². The van der Waals surface area contributed by atoms with Crippen molar-refractivity contribution in [3.05, 3.63) is 64.5 Å². The van der Waals surface area contributed by atoms with E-state index in [4.69, 9.17) is 11.3 Å². The van der Waals surface area contributed by atoms with Gasteiger partial charge in [0.2, 0.25) is 0 Å². The van der Waals surface area contributed by atoms with Crippen molar-refractivity contribution in [2.75, 3.05) is 0 Å². The van der Waals surface area contributed by atoms with E-state index >= 15 is 0 Å². The maximum atomic E-state index is 11.8. The number of hydrogen-bond acceptors (Lipinski definition) is 3. The molecule has 0 radical (unpaired) electrons. The fourth-order valence-electron chi connectivity index (χ4n) is 2.58. The summed E-state index contributed by atoms with van der Waals surface area (Å²) in [5.41, 5.74) is 3.68. The first-order valence-electron chi connectivity index (χ1n) is 7.56. The lowest BCUT2D eigenvalue weighted by Gasteiger charge is -2.12. The standard InChI is InChI=1S/C18H15N5O/c19-18(22-23-20)13-4-1-3-12(11-13)7-8-14-9-10-15-16(21-14)5-2-6-17(15)24/h1,3-4,9-11H,2,5-6H2,(H3,19,20,22)/p+1. The highest BCUT2D eigenvalue weighted by atomic mass is 16.1. The van der Waals surface area contributed by atoms with E-state index in [2.05, 4.69) is 27.2 Å². The quantitative estimate of drug-likeness (QED) is 0.203. The number of fused-ring (bicyclic) bond motifs is 1. The Kier molecular flexibility index (Phi) is 4.43. The lowest BCUT2D eigenvalue weighted by atomic mass is 9.94. The Morgan fingerprint density at radius 2 is 2.08 bits per heavy atom. The fraction of sp³-hybridized carbons (Fsp3) is 0.167. The zero-order valence-electron chi connectivity index (χ0n) is 13.0. The van der Waals surface area contributed by atoms with E-state index in [1.165, 1.54) is 0 Å². The maximum absolute atomic E-state index is 11.8. The molecule has 3 rings (SSSR count). The van der Waals surface area contributed by atoms with Gasteiger partial charge in [0, 0.05) is 22.8 Å². The number of aryl methyl sites for hydroxylation is 1. The molecule has 0 spiro atoms. The molecule has 1 heterocycles. The van der Waals surface area contributed by atoms with Gasteiger partial charge in [0.15, 0.2) is 5.78 Å². The molecule has 4 N–H and O–H groups in total. The highest BCUT2D eigenvalue weighted by molar-refractivity contribution is 5.98. The van der Waals surface area contributed by atoms with Crippen molar-refractivity contribution < 1.29 is 10.2 Å². The average molecular weight is 318 g/mol. The Labute approximate surface area is 139 Å². The molecular formula is C18H16N5O+. The molecule has 24 heavy (non-hydrogen) atoms. The molecule has 0 fully saturated rings. The van der Waals surface area contributed by atoms with Crippen LogP contribution in [0.3, 0.4) is 0 Å². The van der Waals surface area contributed by atoms with Gasteiger partial charge in [0.1, 0.15) is 5.69 Å². The first-order chi connectivity index (χ1) is 11.7. The lowest BCUT2D eigenvalue weighted by molar-refractivity contribution is -0.114. The Morgan fingerprint density at radius 1 is 1.21 bits per heavy atom. The van der Waals surface area contributed by atoms with Crippen LogP contribution in [-0.4, -0.2) is 16.6 Å². The molecule has 0 unspecified atom stereocenters. The Morgan fingerprint density at radius 3 is 2.92 bits per heavy atom. The summed E-state index contributed by atoms with van der Waals surface area (Å²) in [5, 5.41) is 12.5. The number of amidine groups is 1. The number of carbonyl (C=O) groups excluding carboxylic acids is 1. The number of rotatable bonds is 1. The SMILES string of the molecule is NN=NC(=[NH2+])c1cccc(C#Cc2ccc3c(n2)CCCC3=O)c1. The molecule has 0 saturated carbocycles. The van der Waals surface area contributed by atoms with Gasteiger partial charge in [-0.3, -0.25) is 16.0 Å². The fourth-order valence-corrected chi connectivity index (χ4v) is 2.58. The summed E-state index contributed by atoms with van der Waals surface area (Å²) in [4.78, 5) is 16.3. The lowest BCUT2D eigenvalue weighted by Crippen LogP contribution is -2.39. The summed E-state index contributed by atoms with van der Waals surface area (Å²) < 4.78 is 0. The van der Waals surface area contributed by atoms with E-state index in [0.717, 1.165) is 29.7 Å². The zero-order valence-corrected chi connectivity index (χ0v) is 13.0. The number of hydrogen-bond donors (Lipinski definition) is 2. The van der Waals surface area contributed by atoms with Crippen molar-refractivity contribution in [1.82, 2.24) is 4.98 Å². The highest BCUT2D eigenvalue weighted by Gasteiger charge is 2.18. The van der Waals surface area contributed by atoms with Gasteiger partial charge in [0.05, 0.1) is 16.4 Å². The van der Waals surface area contributed by atoms with Gasteiger partial charge in [-0.2, -0.15) is 0 Å². The number of nitrogens with two attached hydrogens (primary N) is 2. The van der Waals surface area contributed by atoms with Gasteiger partial charge in [-0.15, -0.1) is 0 Å². The molecule has 6 nitrogen and oxygen atoms in total.